The first-order chi connectivity index (χ1) is 14.1. The number of esters is 1. The van der Waals surface area contributed by atoms with E-state index >= 15 is 0 Å². The molecule has 7 nitrogen and oxygen atoms in total. The molecular formula is C22H21N3O4. The minimum atomic E-state index is -0.454. The third-order valence-electron chi connectivity index (χ3n) is 4.38. The lowest BCUT2D eigenvalue weighted by Gasteiger charge is -2.10. The molecule has 0 aliphatic rings. The van der Waals surface area contributed by atoms with Crippen molar-refractivity contribution in [3.63, 3.8) is 0 Å². The van der Waals surface area contributed by atoms with Crippen molar-refractivity contribution in [1.29, 1.82) is 0 Å². The van der Waals surface area contributed by atoms with Gasteiger partial charge in [-0.2, -0.15) is 5.10 Å². The van der Waals surface area contributed by atoms with Crippen LogP contribution in [0.25, 0.3) is 22.5 Å². The van der Waals surface area contributed by atoms with Crippen LogP contribution >= 0.6 is 0 Å². The summed E-state index contributed by atoms with van der Waals surface area (Å²) in [6.45, 7) is 4.41. The van der Waals surface area contributed by atoms with Crippen LogP contribution in [0.1, 0.15) is 30.2 Å². The van der Waals surface area contributed by atoms with Crippen molar-refractivity contribution < 1.29 is 18.7 Å². The zero-order valence-electron chi connectivity index (χ0n) is 16.2. The summed E-state index contributed by atoms with van der Waals surface area (Å²) in [6.07, 6.45) is 3.21. The molecule has 4 aromatic rings. The fourth-order valence-corrected chi connectivity index (χ4v) is 3.00. The van der Waals surface area contributed by atoms with Gasteiger partial charge in [-0.25, -0.2) is 14.5 Å². The van der Waals surface area contributed by atoms with Gasteiger partial charge in [0, 0.05) is 6.04 Å². The molecule has 0 N–H and O–H groups in total. The van der Waals surface area contributed by atoms with Gasteiger partial charge in [-0.05, 0) is 44.2 Å². The van der Waals surface area contributed by atoms with Crippen LogP contribution in [0.15, 0.2) is 65.4 Å². The Bertz CT molecular complexity index is 1100. The van der Waals surface area contributed by atoms with E-state index in [1.54, 1.807) is 35.3 Å². The van der Waals surface area contributed by atoms with E-state index in [9.17, 15) is 4.79 Å². The number of rotatable bonds is 7. The topological polar surface area (TPSA) is 79.4 Å². The Balaban J connectivity index is 1.57. The maximum Gasteiger partial charge on any atom is 0.339 e. The van der Waals surface area contributed by atoms with E-state index in [-0.39, 0.29) is 19.3 Å². The number of ether oxygens (including phenoxy) is 2. The number of hydrogen-bond donors (Lipinski definition) is 0. The minimum Gasteiger partial charge on any atom is -0.490 e. The molecule has 0 unspecified atom stereocenters. The molecule has 7 heteroatoms. The maximum absolute atomic E-state index is 12.8. The number of fused-ring (bicyclic) bond motifs is 1. The number of benzene rings is 1. The Morgan fingerprint density at radius 1 is 1.14 bits per heavy atom. The molecule has 4 rings (SSSR count). The Morgan fingerprint density at radius 2 is 1.97 bits per heavy atom. The van der Waals surface area contributed by atoms with Gasteiger partial charge in [0.1, 0.15) is 24.7 Å². The average molecular weight is 391 g/mol. The summed E-state index contributed by atoms with van der Waals surface area (Å²) < 4.78 is 18.3. The normalized spacial score (nSPS) is 11.1. The predicted molar refractivity (Wildman–Crippen MR) is 108 cm³/mol. The van der Waals surface area contributed by atoms with Gasteiger partial charge in [0.25, 0.3) is 0 Å². The molecule has 0 fully saturated rings. The molecule has 148 valence electrons. The van der Waals surface area contributed by atoms with Crippen LogP contribution in [-0.4, -0.2) is 33.9 Å². The average Bonchev–Trinajstić information content (AvgIpc) is 3.41. The van der Waals surface area contributed by atoms with E-state index in [1.807, 2.05) is 44.2 Å². The molecule has 3 aromatic heterocycles. The van der Waals surface area contributed by atoms with E-state index in [0.29, 0.717) is 28.1 Å². The van der Waals surface area contributed by atoms with E-state index in [1.165, 1.54) is 0 Å². The van der Waals surface area contributed by atoms with Gasteiger partial charge in [0.15, 0.2) is 11.4 Å². The summed E-state index contributed by atoms with van der Waals surface area (Å²) in [5.74, 6) is 0.850. The number of carbonyl (C=O) groups is 1. The van der Waals surface area contributed by atoms with Crippen molar-refractivity contribution in [3.05, 3.63) is 66.6 Å². The Labute approximate surface area is 167 Å². The lowest BCUT2D eigenvalue weighted by atomic mass is 10.1. The van der Waals surface area contributed by atoms with Crippen LogP contribution in [-0.2, 0) is 4.74 Å². The standard InChI is InChI=1S/C22H21N3O4/c1-15(2)25-21-18(14-23-25)17(13-19(24-21)20-9-6-10-28-20)22(26)29-12-11-27-16-7-4-3-5-8-16/h3-10,13-15H,11-12H2,1-2H3. The molecule has 29 heavy (non-hydrogen) atoms. The first-order valence-electron chi connectivity index (χ1n) is 9.40. The monoisotopic (exact) mass is 391 g/mol. The molecule has 3 heterocycles. The number of para-hydroxylation sites is 1. The van der Waals surface area contributed by atoms with Gasteiger partial charge in [-0.15, -0.1) is 0 Å². The number of nitrogens with zero attached hydrogens (tertiary/aromatic N) is 3. The van der Waals surface area contributed by atoms with Crippen molar-refractivity contribution >= 4 is 17.0 Å². The van der Waals surface area contributed by atoms with Crippen LogP contribution in [0.4, 0.5) is 0 Å². The van der Waals surface area contributed by atoms with E-state index < -0.39 is 5.97 Å². The maximum atomic E-state index is 12.8. The van der Waals surface area contributed by atoms with Crippen molar-refractivity contribution in [1.82, 2.24) is 14.8 Å². The summed E-state index contributed by atoms with van der Waals surface area (Å²) in [6, 6.07) is 14.7. The van der Waals surface area contributed by atoms with Crippen molar-refractivity contribution in [3.8, 4) is 17.2 Å². The molecule has 0 aliphatic heterocycles. The summed E-state index contributed by atoms with van der Waals surface area (Å²) in [5, 5.41) is 5.03. The Kier molecular flexibility index (Phi) is 5.29. The minimum absolute atomic E-state index is 0.0926. The number of carbonyl (C=O) groups excluding carboxylic acids is 1. The second-order valence-corrected chi connectivity index (χ2v) is 6.75. The quantitative estimate of drug-likeness (QED) is 0.341. The molecule has 0 saturated heterocycles. The molecule has 0 radical (unpaired) electrons. The number of furan rings is 1. The summed E-state index contributed by atoms with van der Waals surface area (Å²) in [7, 11) is 0. The zero-order valence-corrected chi connectivity index (χ0v) is 16.2. The highest BCUT2D eigenvalue weighted by Crippen LogP contribution is 2.27. The highest BCUT2D eigenvalue weighted by atomic mass is 16.6. The van der Waals surface area contributed by atoms with Gasteiger partial charge in [0.2, 0.25) is 0 Å². The van der Waals surface area contributed by atoms with Gasteiger partial charge < -0.3 is 13.9 Å². The molecule has 0 aliphatic carbocycles. The van der Waals surface area contributed by atoms with Crippen molar-refractivity contribution in [2.24, 2.45) is 0 Å². The van der Waals surface area contributed by atoms with E-state index in [4.69, 9.17) is 13.9 Å². The van der Waals surface area contributed by atoms with Gasteiger partial charge in [-0.1, -0.05) is 18.2 Å². The molecular weight excluding hydrogens is 370 g/mol. The SMILES string of the molecule is CC(C)n1ncc2c(C(=O)OCCOc3ccccc3)cc(-c3ccco3)nc21. The van der Waals surface area contributed by atoms with Crippen LogP contribution in [0.5, 0.6) is 5.75 Å². The number of hydrogen-bond acceptors (Lipinski definition) is 6. The third kappa shape index (κ3) is 3.99. The summed E-state index contributed by atoms with van der Waals surface area (Å²) in [4.78, 5) is 17.5. The zero-order chi connectivity index (χ0) is 20.2. The fraction of sp³-hybridized carbons (Fsp3) is 0.227. The molecule has 0 bridgehead atoms. The highest BCUT2D eigenvalue weighted by molar-refractivity contribution is 6.03. The molecule has 1 aromatic carbocycles. The molecule has 0 atom stereocenters. The van der Waals surface area contributed by atoms with Crippen molar-refractivity contribution in [2.45, 2.75) is 19.9 Å². The van der Waals surface area contributed by atoms with Gasteiger partial charge in [0.05, 0.1) is 23.4 Å². The number of aromatic nitrogens is 3. The third-order valence-corrected chi connectivity index (χ3v) is 4.38. The number of pyridine rings is 1. The van der Waals surface area contributed by atoms with Gasteiger partial charge >= 0.3 is 5.97 Å². The second kappa shape index (κ2) is 8.18. The Morgan fingerprint density at radius 3 is 2.69 bits per heavy atom. The van der Waals surface area contributed by atoms with Crippen LogP contribution in [0.2, 0.25) is 0 Å². The van der Waals surface area contributed by atoms with Crippen LogP contribution in [0, 0.1) is 0 Å². The summed E-state index contributed by atoms with van der Waals surface area (Å²) >= 11 is 0. The van der Waals surface area contributed by atoms with Crippen LogP contribution in [0.3, 0.4) is 0 Å². The Hall–Kier alpha value is -3.61. The first kappa shape index (κ1) is 18.7. The van der Waals surface area contributed by atoms with Gasteiger partial charge in [-0.3, -0.25) is 0 Å². The summed E-state index contributed by atoms with van der Waals surface area (Å²) in [5.41, 5.74) is 1.56. The molecule has 0 saturated carbocycles. The first-order valence-corrected chi connectivity index (χ1v) is 9.40. The lowest BCUT2D eigenvalue weighted by Crippen LogP contribution is -2.13. The van der Waals surface area contributed by atoms with E-state index in [2.05, 4.69) is 10.1 Å². The highest BCUT2D eigenvalue weighted by Gasteiger charge is 2.20. The molecule has 0 spiro atoms. The second-order valence-electron chi connectivity index (χ2n) is 6.75. The van der Waals surface area contributed by atoms with Crippen LogP contribution < -0.4 is 4.74 Å². The predicted octanol–water partition coefficient (Wildman–Crippen LogP) is 4.51. The smallest absolute Gasteiger partial charge is 0.339 e. The fourth-order valence-electron chi connectivity index (χ4n) is 3.00. The van der Waals surface area contributed by atoms with Crippen molar-refractivity contribution in [2.75, 3.05) is 13.2 Å². The largest absolute Gasteiger partial charge is 0.490 e. The molecule has 0 amide bonds. The van der Waals surface area contributed by atoms with E-state index in [0.717, 1.165) is 5.75 Å². The lowest BCUT2D eigenvalue weighted by molar-refractivity contribution is 0.0452.